The summed E-state index contributed by atoms with van der Waals surface area (Å²) in [5, 5.41) is 12.1. The molecule has 6 aromatic rings. The van der Waals surface area contributed by atoms with E-state index in [-0.39, 0.29) is 5.92 Å². The number of hydrogen-bond acceptors (Lipinski definition) is 5. The second kappa shape index (κ2) is 16.8. The van der Waals surface area contributed by atoms with Crippen LogP contribution in [0.3, 0.4) is 0 Å². The fourth-order valence-electron chi connectivity index (χ4n) is 7.83. The Labute approximate surface area is 296 Å². The van der Waals surface area contributed by atoms with Crippen LogP contribution in [-0.4, -0.2) is 47.0 Å². The summed E-state index contributed by atoms with van der Waals surface area (Å²) in [6.45, 7) is 3.23. The molecule has 7 rings (SSSR count). The average molecular weight is 666 g/mol. The van der Waals surface area contributed by atoms with Gasteiger partial charge < -0.3 is 15.5 Å². The highest BCUT2D eigenvalue weighted by molar-refractivity contribution is 6.08. The van der Waals surface area contributed by atoms with Crippen molar-refractivity contribution < 1.29 is 4.79 Å². The topological polar surface area (TPSA) is 70.2 Å². The van der Waals surface area contributed by atoms with E-state index in [1.807, 2.05) is 12.1 Å². The first-order valence-electron chi connectivity index (χ1n) is 19.1. The van der Waals surface area contributed by atoms with E-state index < -0.39 is 0 Å². The lowest BCUT2D eigenvalue weighted by molar-refractivity contribution is -0.136. The smallest absolute Gasteiger partial charge is 0.225 e. The number of nitrogens with one attached hydrogen (secondary N) is 2. The van der Waals surface area contributed by atoms with Crippen molar-refractivity contribution in [3.8, 4) is 0 Å². The maximum absolute atomic E-state index is 14.2. The van der Waals surface area contributed by atoms with Crippen LogP contribution >= 0.6 is 0 Å². The highest BCUT2D eigenvalue weighted by Gasteiger charge is 2.24. The molecule has 258 valence electrons. The fourth-order valence-corrected chi connectivity index (χ4v) is 7.83. The quantitative estimate of drug-likeness (QED) is 0.101. The molecule has 1 fully saturated rings. The summed E-state index contributed by atoms with van der Waals surface area (Å²) < 4.78 is 0. The van der Waals surface area contributed by atoms with Gasteiger partial charge in [0.15, 0.2) is 0 Å². The van der Waals surface area contributed by atoms with Gasteiger partial charge in [-0.1, -0.05) is 118 Å². The third-order valence-electron chi connectivity index (χ3n) is 10.5. The van der Waals surface area contributed by atoms with Crippen LogP contribution in [0.4, 0.5) is 11.4 Å². The Hall–Kier alpha value is -4.71. The minimum atomic E-state index is 0.154. The molecule has 2 aromatic heterocycles. The number of carbonyl (C=O) groups excluding carboxylic acids is 1. The van der Waals surface area contributed by atoms with Gasteiger partial charge >= 0.3 is 0 Å². The molecule has 0 unspecified atom stereocenters. The van der Waals surface area contributed by atoms with Gasteiger partial charge in [-0.15, -0.1) is 0 Å². The number of anilines is 2. The number of hydrogen-bond donors (Lipinski definition) is 2. The first-order chi connectivity index (χ1) is 24.8. The van der Waals surface area contributed by atoms with Crippen molar-refractivity contribution in [1.82, 2.24) is 14.9 Å². The average Bonchev–Trinajstić information content (AvgIpc) is 3.16. The molecular weight excluding hydrogens is 615 g/mol. The van der Waals surface area contributed by atoms with E-state index in [1.54, 1.807) is 0 Å². The summed E-state index contributed by atoms with van der Waals surface area (Å²) in [4.78, 5) is 26.2. The van der Waals surface area contributed by atoms with Crippen molar-refractivity contribution in [3.63, 3.8) is 0 Å². The molecule has 0 atom stereocenters. The largest absolute Gasteiger partial charge is 0.384 e. The van der Waals surface area contributed by atoms with E-state index in [4.69, 9.17) is 9.97 Å². The van der Waals surface area contributed by atoms with Crippen LogP contribution in [0.2, 0.25) is 0 Å². The van der Waals surface area contributed by atoms with Crippen LogP contribution in [0, 0.1) is 5.92 Å². The van der Waals surface area contributed by atoms with E-state index in [0.29, 0.717) is 5.91 Å². The van der Waals surface area contributed by atoms with Crippen LogP contribution in [0.25, 0.3) is 43.6 Å². The monoisotopic (exact) mass is 665 g/mol. The number of benzene rings is 4. The van der Waals surface area contributed by atoms with Crippen molar-refractivity contribution >= 4 is 60.9 Å². The molecule has 0 radical (unpaired) electrons. The van der Waals surface area contributed by atoms with Crippen LogP contribution in [-0.2, 0) is 4.79 Å². The number of pyridine rings is 2. The molecular formula is C44H51N5O. The SMILES string of the molecule is O=C(C1CCCCCCCCC1)N(CCCCNc1c2ccccc2nc2ccccc12)CCCNc1c2ccccc2nc2ccccc12. The van der Waals surface area contributed by atoms with Crippen molar-refractivity contribution in [2.24, 2.45) is 5.92 Å². The van der Waals surface area contributed by atoms with Crippen LogP contribution < -0.4 is 10.6 Å². The van der Waals surface area contributed by atoms with E-state index in [0.717, 1.165) is 113 Å². The van der Waals surface area contributed by atoms with Crippen molar-refractivity contribution in [2.45, 2.75) is 77.0 Å². The molecule has 2 heterocycles. The molecule has 0 bridgehead atoms. The Kier molecular flexibility index (Phi) is 11.3. The molecule has 0 spiro atoms. The van der Waals surface area contributed by atoms with E-state index >= 15 is 0 Å². The number of amides is 1. The molecule has 1 amide bonds. The minimum absolute atomic E-state index is 0.154. The zero-order chi connectivity index (χ0) is 34.0. The summed E-state index contributed by atoms with van der Waals surface area (Å²) >= 11 is 0. The van der Waals surface area contributed by atoms with Gasteiger partial charge in [0.25, 0.3) is 0 Å². The Bertz CT molecular complexity index is 1920. The Morgan fingerprint density at radius 1 is 0.520 bits per heavy atom. The molecule has 1 saturated carbocycles. The normalized spacial score (nSPS) is 14.6. The Morgan fingerprint density at radius 2 is 0.900 bits per heavy atom. The Balaban J connectivity index is 1.01. The predicted molar refractivity (Wildman–Crippen MR) is 211 cm³/mol. The lowest BCUT2D eigenvalue weighted by Crippen LogP contribution is -2.38. The third-order valence-corrected chi connectivity index (χ3v) is 10.5. The summed E-state index contributed by atoms with van der Waals surface area (Å²) in [5.41, 5.74) is 6.32. The first-order valence-corrected chi connectivity index (χ1v) is 19.1. The van der Waals surface area contributed by atoms with Crippen molar-refractivity contribution in [3.05, 3.63) is 97.1 Å². The highest BCUT2D eigenvalue weighted by Crippen LogP contribution is 2.32. The maximum atomic E-state index is 14.2. The second-order valence-corrected chi connectivity index (χ2v) is 14.0. The molecule has 0 saturated heterocycles. The van der Waals surface area contributed by atoms with E-state index in [1.165, 1.54) is 44.9 Å². The number of nitrogens with zero attached hydrogens (tertiary/aromatic N) is 3. The number of unbranched alkanes of at least 4 members (excludes halogenated alkanes) is 1. The lowest BCUT2D eigenvalue weighted by atomic mass is 9.91. The van der Waals surface area contributed by atoms with Gasteiger partial charge in [-0.3, -0.25) is 4.79 Å². The second-order valence-electron chi connectivity index (χ2n) is 14.0. The van der Waals surface area contributed by atoms with E-state index in [9.17, 15) is 4.79 Å². The van der Waals surface area contributed by atoms with Gasteiger partial charge in [0.1, 0.15) is 0 Å². The Morgan fingerprint density at radius 3 is 1.36 bits per heavy atom. The summed E-state index contributed by atoms with van der Waals surface area (Å²) in [6, 6.07) is 33.5. The summed E-state index contributed by atoms with van der Waals surface area (Å²) in [6.07, 6.45) is 13.8. The van der Waals surface area contributed by atoms with Gasteiger partial charge in [0, 0.05) is 53.6 Å². The van der Waals surface area contributed by atoms with Crippen LogP contribution in [0.5, 0.6) is 0 Å². The molecule has 6 heteroatoms. The van der Waals surface area contributed by atoms with Gasteiger partial charge in [-0.05, 0) is 56.4 Å². The van der Waals surface area contributed by atoms with Crippen LogP contribution in [0.1, 0.15) is 77.0 Å². The number of para-hydroxylation sites is 4. The maximum Gasteiger partial charge on any atom is 0.225 e. The molecule has 0 aliphatic heterocycles. The molecule has 1 aliphatic carbocycles. The van der Waals surface area contributed by atoms with Gasteiger partial charge in [0.05, 0.1) is 33.4 Å². The molecule has 4 aromatic carbocycles. The predicted octanol–water partition coefficient (Wildman–Crippen LogP) is 10.8. The van der Waals surface area contributed by atoms with Crippen molar-refractivity contribution in [1.29, 1.82) is 0 Å². The molecule has 50 heavy (non-hydrogen) atoms. The van der Waals surface area contributed by atoms with Gasteiger partial charge in [-0.2, -0.15) is 0 Å². The number of aromatic nitrogens is 2. The number of rotatable bonds is 12. The molecule has 2 N–H and O–H groups in total. The van der Waals surface area contributed by atoms with Crippen LogP contribution in [0.15, 0.2) is 97.1 Å². The first kappa shape index (κ1) is 33.8. The van der Waals surface area contributed by atoms with Gasteiger partial charge in [0.2, 0.25) is 5.91 Å². The fraction of sp³-hybridized carbons (Fsp3) is 0.386. The number of fused-ring (bicyclic) bond motifs is 4. The van der Waals surface area contributed by atoms with E-state index in [2.05, 4.69) is 100 Å². The zero-order valence-electron chi connectivity index (χ0n) is 29.4. The molecule has 6 nitrogen and oxygen atoms in total. The lowest BCUT2D eigenvalue weighted by Gasteiger charge is -2.28. The highest BCUT2D eigenvalue weighted by atomic mass is 16.2. The third kappa shape index (κ3) is 8.01. The van der Waals surface area contributed by atoms with Gasteiger partial charge in [-0.25, -0.2) is 9.97 Å². The van der Waals surface area contributed by atoms with Crippen molar-refractivity contribution in [2.75, 3.05) is 36.8 Å². The summed E-state index contributed by atoms with van der Waals surface area (Å²) in [7, 11) is 0. The summed E-state index contributed by atoms with van der Waals surface area (Å²) in [5.74, 6) is 0.534. The number of carbonyl (C=O) groups is 1. The molecule has 1 aliphatic rings. The standard InChI is InChI=1S/C44H51N5O/c50-44(33-19-6-4-2-1-3-5-7-20-33)49(32-18-30-46-43-36-23-10-14-27-40(36)48-41-28-15-11-24-37(41)43)31-17-16-29-45-42-34-21-8-12-25-38(34)47-39-26-13-9-22-35(39)42/h8-15,21-28,33H,1-7,16-20,29-32H2,(H,45,47)(H,46,48). The zero-order valence-corrected chi connectivity index (χ0v) is 29.4. The minimum Gasteiger partial charge on any atom is -0.384 e.